The molecule has 2 heterocycles. The lowest BCUT2D eigenvalue weighted by Gasteiger charge is -2.16. The van der Waals surface area contributed by atoms with Crippen molar-refractivity contribution in [2.75, 3.05) is 4.90 Å². The van der Waals surface area contributed by atoms with Crippen molar-refractivity contribution in [1.82, 2.24) is 0 Å². The lowest BCUT2D eigenvalue weighted by Crippen LogP contribution is -2.28. The summed E-state index contributed by atoms with van der Waals surface area (Å²) in [7, 11) is 0. The number of thioether (sulfide) groups is 1. The molecule has 0 radical (unpaired) electrons. The lowest BCUT2D eigenvalue weighted by atomic mass is 10.00. The van der Waals surface area contributed by atoms with Crippen molar-refractivity contribution >= 4 is 63.5 Å². The van der Waals surface area contributed by atoms with Crippen molar-refractivity contribution in [3.63, 3.8) is 0 Å². The number of nitrogens with zero attached hydrogens (tertiary/aromatic N) is 2. The van der Waals surface area contributed by atoms with Gasteiger partial charge in [-0.25, -0.2) is 4.99 Å². The average molecular weight is 495 g/mol. The van der Waals surface area contributed by atoms with Crippen LogP contribution in [0.5, 0.6) is 5.75 Å². The minimum Gasteiger partial charge on any atom is -0.487 e. The van der Waals surface area contributed by atoms with Crippen LogP contribution in [0.15, 0.2) is 76.6 Å². The molecule has 2 aliphatic heterocycles. The largest absolute Gasteiger partial charge is 0.487 e. The molecule has 0 N–H and O–H groups in total. The fraction of sp³-hybridized carbons (Fsp3) is 0.154. The van der Waals surface area contributed by atoms with Crippen LogP contribution in [0.3, 0.4) is 0 Å². The van der Waals surface area contributed by atoms with Crippen molar-refractivity contribution < 1.29 is 9.53 Å². The second-order valence-corrected chi connectivity index (χ2v) is 10.4. The Labute approximate surface area is 206 Å². The van der Waals surface area contributed by atoms with Gasteiger partial charge in [-0.15, -0.1) is 0 Å². The van der Waals surface area contributed by atoms with E-state index in [4.69, 9.17) is 32.9 Å². The van der Waals surface area contributed by atoms with Gasteiger partial charge in [0.25, 0.3) is 5.91 Å². The summed E-state index contributed by atoms with van der Waals surface area (Å²) in [6, 6.07) is 20.4. The van der Waals surface area contributed by atoms with Gasteiger partial charge in [0.05, 0.1) is 16.3 Å². The molecule has 2 aliphatic rings. The Bertz CT molecular complexity index is 1300. The number of hydrogen-bond donors (Lipinski definition) is 0. The highest BCUT2D eigenvalue weighted by atomic mass is 35.5. The topological polar surface area (TPSA) is 41.9 Å². The van der Waals surface area contributed by atoms with Crippen LogP contribution >= 0.6 is 35.0 Å². The third-order valence-electron chi connectivity index (χ3n) is 5.33. The summed E-state index contributed by atoms with van der Waals surface area (Å²) in [4.78, 5) is 20.4. The van der Waals surface area contributed by atoms with Gasteiger partial charge in [0.1, 0.15) is 11.4 Å². The molecular formula is C26H20Cl2N2O2S. The quantitative estimate of drug-likeness (QED) is 0.353. The van der Waals surface area contributed by atoms with Gasteiger partial charge in [0.15, 0.2) is 5.17 Å². The van der Waals surface area contributed by atoms with Crippen LogP contribution in [-0.2, 0) is 11.2 Å². The van der Waals surface area contributed by atoms with Crippen molar-refractivity contribution in [1.29, 1.82) is 0 Å². The zero-order valence-corrected chi connectivity index (χ0v) is 20.3. The molecule has 0 unspecified atom stereocenters. The number of carbonyl (C=O) groups is 1. The van der Waals surface area contributed by atoms with Crippen LogP contribution in [0.4, 0.5) is 11.4 Å². The maximum Gasteiger partial charge on any atom is 0.271 e. The molecule has 33 heavy (non-hydrogen) atoms. The van der Waals surface area contributed by atoms with Crippen LogP contribution in [-0.4, -0.2) is 16.7 Å². The van der Waals surface area contributed by atoms with E-state index in [0.717, 1.165) is 23.3 Å². The van der Waals surface area contributed by atoms with Gasteiger partial charge in [-0.3, -0.25) is 9.69 Å². The van der Waals surface area contributed by atoms with Crippen LogP contribution in [0.25, 0.3) is 6.08 Å². The number of benzene rings is 3. The normalized spacial score (nSPS) is 19.3. The number of amides is 1. The standard InChI is InChI=1S/C26H20Cl2N2O2S/c1-26(2)15-17-13-16(3-12-22(17)32-26)14-23-24(31)30(21-10-6-19(28)7-11-21)25(33-23)29-20-8-4-18(27)5-9-20/h3-14H,15H2,1-2H3/b23-14+,29-25?. The van der Waals surface area contributed by atoms with E-state index in [1.54, 1.807) is 29.2 Å². The number of anilines is 1. The molecule has 3 aromatic carbocycles. The number of hydrogen-bond acceptors (Lipinski definition) is 4. The SMILES string of the molecule is CC1(C)Cc2cc(/C=C3/SC(=Nc4ccc(Cl)cc4)N(c4ccc(Cl)cc4)C3=O)ccc2O1. The molecular weight excluding hydrogens is 475 g/mol. The van der Waals surface area contributed by atoms with E-state index < -0.39 is 0 Å². The van der Waals surface area contributed by atoms with Crippen molar-refractivity contribution in [3.05, 3.63) is 92.8 Å². The molecule has 1 saturated heterocycles. The van der Waals surface area contributed by atoms with Gasteiger partial charge in [-0.1, -0.05) is 29.3 Å². The molecule has 4 nitrogen and oxygen atoms in total. The minimum absolute atomic E-state index is 0.132. The maximum atomic E-state index is 13.5. The first-order valence-corrected chi connectivity index (χ1v) is 12.0. The first kappa shape index (κ1) is 22.1. The number of carbonyl (C=O) groups excluding carboxylic acids is 1. The summed E-state index contributed by atoms with van der Waals surface area (Å²) in [6.45, 7) is 4.15. The maximum absolute atomic E-state index is 13.5. The molecule has 7 heteroatoms. The van der Waals surface area contributed by atoms with Crippen LogP contribution in [0.2, 0.25) is 10.0 Å². The first-order chi connectivity index (χ1) is 15.8. The molecule has 1 fully saturated rings. The zero-order chi connectivity index (χ0) is 23.2. The number of aliphatic imine (C=N–C) groups is 1. The monoisotopic (exact) mass is 494 g/mol. The van der Waals surface area contributed by atoms with E-state index in [1.165, 1.54) is 11.8 Å². The minimum atomic E-state index is -0.212. The first-order valence-electron chi connectivity index (χ1n) is 10.4. The predicted octanol–water partition coefficient (Wildman–Crippen LogP) is 7.52. The molecule has 0 aromatic heterocycles. The molecule has 0 saturated carbocycles. The highest BCUT2D eigenvalue weighted by Crippen LogP contribution is 2.39. The summed E-state index contributed by atoms with van der Waals surface area (Å²) in [5, 5.41) is 1.81. The zero-order valence-electron chi connectivity index (χ0n) is 18.0. The predicted molar refractivity (Wildman–Crippen MR) is 138 cm³/mol. The third kappa shape index (κ3) is 4.67. The Kier molecular flexibility index (Phi) is 5.73. The molecule has 0 spiro atoms. The Morgan fingerprint density at radius 1 is 1.00 bits per heavy atom. The van der Waals surface area contributed by atoms with Crippen LogP contribution < -0.4 is 9.64 Å². The summed E-state index contributed by atoms with van der Waals surface area (Å²) in [6.07, 6.45) is 2.74. The Hall–Kier alpha value is -2.73. The summed E-state index contributed by atoms with van der Waals surface area (Å²) in [5.74, 6) is 0.771. The van der Waals surface area contributed by atoms with Crippen LogP contribution in [0, 0.1) is 0 Å². The summed E-state index contributed by atoms with van der Waals surface area (Å²) in [5.41, 5.74) is 3.31. The number of fused-ring (bicyclic) bond motifs is 1. The third-order valence-corrected chi connectivity index (χ3v) is 6.80. The van der Waals surface area contributed by atoms with E-state index in [1.807, 2.05) is 42.5 Å². The molecule has 0 bridgehead atoms. The Morgan fingerprint density at radius 3 is 2.36 bits per heavy atom. The molecule has 3 aromatic rings. The van der Waals surface area contributed by atoms with Crippen molar-refractivity contribution in [2.45, 2.75) is 25.9 Å². The summed E-state index contributed by atoms with van der Waals surface area (Å²) < 4.78 is 5.98. The van der Waals surface area contributed by atoms with E-state index in [9.17, 15) is 4.79 Å². The fourth-order valence-corrected chi connectivity index (χ4v) is 5.12. The second-order valence-electron chi connectivity index (χ2n) is 8.50. The highest BCUT2D eigenvalue weighted by molar-refractivity contribution is 8.19. The fourth-order valence-electron chi connectivity index (χ4n) is 3.86. The molecule has 0 aliphatic carbocycles. The van der Waals surface area contributed by atoms with Crippen molar-refractivity contribution in [2.24, 2.45) is 4.99 Å². The van der Waals surface area contributed by atoms with E-state index in [0.29, 0.717) is 31.5 Å². The number of amidine groups is 1. The van der Waals surface area contributed by atoms with E-state index in [-0.39, 0.29) is 11.5 Å². The number of rotatable bonds is 3. The van der Waals surface area contributed by atoms with E-state index >= 15 is 0 Å². The van der Waals surface area contributed by atoms with Gasteiger partial charge in [-0.2, -0.15) is 0 Å². The molecule has 166 valence electrons. The highest BCUT2D eigenvalue weighted by Gasteiger charge is 2.35. The Balaban J connectivity index is 1.53. The smallest absolute Gasteiger partial charge is 0.271 e. The second kappa shape index (κ2) is 8.56. The van der Waals surface area contributed by atoms with Gasteiger partial charge >= 0.3 is 0 Å². The van der Waals surface area contributed by atoms with Crippen molar-refractivity contribution in [3.8, 4) is 5.75 Å². The van der Waals surface area contributed by atoms with E-state index in [2.05, 4.69) is 19.9 Å². The van der Waals surface area contributed by atoms with Gasteiger partial charge in [0, 0.05) is 16.5 Å². The summed E-state index contributed by atoms with van der Waals surface area (Å²) >= 11 is 13.4. The van der Waals surface area contributed by atoms with Gasteiger partial charge < -0.3 is 4.74 Å². The molecule has 5 rings (SSSR count). The average Bonchev–Trinajstić information content (AvgIpc) is 3.24. The van der Waals surface area contributed by atoms with Gasteiger partial charge in [-0.05, 0) is 103 Å². The Morgan fingerprint density at radius 2 is 1.67 bits per heavy atom. The molecule has 1 amide bonds. The number of halogens is 2. The molecule has 0 atom stereocenters. The number of ether oxygens (including phenoxy) is 1. The van der Waals surface area contributed by atoms with Crippen LogP contribution in [0.1, 0.15) is 25.0 Å². The van der Waals surface area contributed by atoms with Gasteiger partial charge in [0.2, 0.25) is 0 Å². The lowest BCUT2D eigenvalue weighted by molar-refractivity contribution is -0.113.